The van der Waals surface area contributed by atoms with Gasteiger partial charge >= 0.3 is 0 Å². The second-order valence-corrected chi connectivity index (χ2v) is 4.74. The minimum atomic E-state index is -0.0969. The van der Waals surface area contributed by atoms with Crippen molar-refractivity contribution in [3.05, 3.63) is 23.0 Å². The van der Waals surface area contributed by atoms with E-state index in [-0.39, 0.29) is 11.8 Å². The van der Waals surface area contributed by atoms with Crippen molar-refractivity contribution in [2.75, 3.05) is 7.05 Å². The number of pyridine rings is 1. The second-order valence-electron chi connectivity index (χ2n) is 4.74. The molecule has 0 fully saturated rings. The largest absolute Gasteiger partial charge is 0.355 e. The van der Waals surface area contributed by atoms with Gasteiger partial charge < -0.3 is 5.32 Å². The van der Waals surface area contributed by atoms with Crippen LogP contribution in [-0.4, -0.2) is 27.7 Å². The van der Waals surface area contributed by atoms with Crippen molar-refractivity contribution in [3.8, 4) is 0 Å². The van der Waals surface area contributed by atoms with Crippen LogP contribution in [0.15, 0.2) is 6.07 Å². The Morgan fingerprint density at radius 3 is 2.67 bits per heavy atom. The third-order valence-corrected chi connectivity index (χ3v) is 3.05. The highest BCUT2D eigenvalue weighted by atomic mass is 16.1. The molecular weight excluding hydrogens is 228 g/mol. The number of fused-ring (bicyclic) bond motifs is 1. The van der Waals surface area contributed by atoms with Crippen LogP contribution in [-0.2, 0) is 7.05 Å². The van der Waals surface area contributed by atoms with Gasteiger partial charge in [0.2, 0.25) is 0 Å². The Bertz CT molecular complexity index is 613. The Morgan fingerprint density at radius 2 is 2.11 bits per heavy atom. The molecule has 0 atom stereocenters. The lowest BCUT2D eigenvalue weighted by Gasteiger charge is -2.09. The predicted octanol–water partition coefficient (Wildman–Crippen LogP) is 1.76. The number of aryl methyl sites for hydroxylation is 2. The first-order valence-electron chi connectivity index (χ1n) is 6.02. The number of carbonyl (C=O) groups excluding carboxylic acids is 1. The topological polar surface area (TPSA) is 59.8 Å². The summed E-state index contributed by atoms with van der Waals surface area (Å²) < 4.78 is 1.73. The number of nitrogens with zero attached hydrogens (tertiary/aromatic N) is 3. The summed E-state index contributed by atoms with van der Waals surface area (Å²) in [5, 5.41) is 7.85. The van der Waals surface area contributed by atoms with Gasteiger partial charge in [-0.1, -0.05) is 13.8 Å². The van der Waals surface area contributed by atoms with Crippen LogP contribution in [0.2, 0.25) is 0 Å². The molecule has 2 heterocycles. The third kappa shape index (κ3) is 1.85. The molecule has 1 amide bonds. The van der Waals surface area contributed by atoms with Gasteiger partial charge in [0.1, 0.15) is 0 Å². The van der Waals surface area contributed by atoms with E-state index < -0.39 is 0 Å². The number of nitrogens with one attached hydrogen (secondary N) is 1. The van der Waals surface area contributed by atoms with E-state index in [2.05, 4.69) is 29.2 Å². The fourth-order valence-electron chi connectivity index (χ4n) is 2.07. The van der Waals surface area contributed by atoms with E-state index >= 15 is 0 Å². The summed E-state index contributed by atoms with van der Waals surface area (Å²) in [5.74, 6) is 0.174. The standard InChI is InChI=1S/C13H18N4O/c1-7(2)10-6-9(13(18)14-4)11-8(3)16-17(5)12(11)15-10/h6-7H,1-5H3,(H,14,18). The number of amides is 1. The number of hydrogen-bond acceptors (Lipinski definition) is 3. The average molecular weight is 246 g/mol. The molecule has 1 N–H and O–H groups in total. The minimum Gasteiger partial charge on any atom is -0.355 e. The van der Waals surface area contributed by atoms with Gasteiger partial charge in [-0.3, -0.25) is 9.48 Å². The van der Waals surface area contributed by atoms with Crippen molar-refractivity contribution in [1.82, 2.24) is 20.1 Å². The maximum absolute atomic E-state index is 12.0. The molecule has 0 saturated carbocycles. The van der Waals surface area contributed by atoms with Gasteiger partial charge in [0.15, 0.2) is 5.65 Å². The number of rotatable bonds is 2. The molecule has 2 aromatic heterocycles. The SMILES string of the molecule is CNC(=O)c1cc(C(C)C)nc2c1c(C)nn2C. The molecule has 18 heavy (non-hydrogen) atoms. The molecule has 0 radical (unpaired) electrons. The van der Waals surface area contributed by atoms with Gasteiger partial charge in [-0.05, 0) is 18.9 Å². The van der Waals surface area contributed by atoms with Crippen LogP contribution in [0.1, 0.15) is 41.5 Å². The Kier molecular flexibility index (Phi) is 3.07. The first-order valence-corrected chi connectivity index (χ1v) is 6.02. The van der Waals surface area contributed by atoms with Crippen LogP contribution >= 0.6 is 0 Å². The van der Waals surface area contributed by atoms with E-state index in [1.54, 1.807) is 11.7 Å². The average Bonchev–Trinajstić information content (AvgIpc) is 2.63. The molecule has 0 aliphatic rings. The van der Waals surface area contributed by atoms with Crippen LogP contribution in [0.5, 0.6) is 0 Å². The lowest BCUT2D eigenvalue weighted by molar-refractivity contribution is 0.0964. The molecule has 0 bridgehead atoms. The van der Waals surface area contributed by atoms with E-state index in [9.17, 15) is 4.79 Å². The molecule has 5 nitrogen and oxygen atoms in total. The maximum atomic E-state index is 12.0. The molecular formula is C13H18N4O. The number of aromatic nitrogens is 3. The van der Waals surface area contributed by atoms with Crippen LogP contribution in [0.4, 0.5) is 0 Å². The second kappa shape index (κ2) is 4.40. The van der Waals surface area contributed by atoms with Crippen molar-refractivity contribution < 1.29 is 4.79 Å². The van der Waals surface area contributed by atoms with Gasteiger partial charge in [0.05, 0.1) is 16.6 Å². The molecule has 0 aromatic carbocycles. The molecule has 5 heteroatoms. The number of hydrogen-bond donors (Lipinski definition) is 1. The van der Waals surface area contributed by atoms with Crippen molar-refractivity contribution >= 4 is 16.9 Å². The summed E-state index contributed by atoms with van der Waals surface area (Å²) in [6.45, 7) is 6.02. The van der Waals surface area contributed by atoms with Crippen molar-refractivity contribution in [2.45, 2.75) is 26.7 Å². The molecule has 0 aliphatic heterocycles. The van der Waals surface area contributed by atoms with Crippen molar-refractivity contribution in [1.29, 1.82) is 0 Å². The zero-order valence-electron chi connectivity index (χ0n) is 11.4. The first-order chi connectivity index (χ1) is 8.45. The summed E-state index contributed by atoms with van der Waals surface area (Å²) >= 11 is 0. The minimum absolute atomic E-state index is 0.0969. The predicted molar refractivity (Wildman–Crippen MR) is 70.7 cm³/mol. The third-order valence-electron chi connectivity index (χ3n) is 3.05. The van der Waals surface area contributed by atoms with Crippen LogP contribution < -0.4 is 5.32 Å². The van der Waals surface area contributed by atoms with Gasteiger partial charge in [-0.2, -0.15) is 5.10 Å². The maximum Gasteiger partial charge on any atom is 0.251 e. The van der Waals surface area contributed by atoms with Crippen LogP contribution in [0, 0.1) is 6.92 Å². The van der Waals surface area contributed by atoms with E-state index in [0.717, 1.165) is 22.4 Å². The quantitative estimate of drug-likeness (QED) is 0.878. The summed E-state index contributed by atoms with van der Waals surface area (Å²) in [7, 11) is 3.48. The molecule has 2 aromatic rings. The first kappa shape index (κ1) is 12.5. The molecule has 0 saturated heterocycles. The van der Waals surface area contributed by atoms with Gasteiger partial charge in [0.25, 0.3) is 5.91 Å². The number of carbonyl (C=O) groups is 1. The highest BCUT2D eigenvalue weighted by Crippen LogP contribution is 2.24. The lowest BCUT2D eigenvalue weighted by Crippen LogP contribution is -2.19. The molecule has 0 unspecified atom stereocenters. The smallest absolute Gasteiger partial charge is 0.251 e. The highest BCUT2D eigenvalue weighted by Gasteiger charge is 2.18. The van der Waals surface area contributed by atoms with Crippen LogP contribution in [0.3, 0.4) is 0 Å². The Hall–Kier alpha value is -1.91. The van der Waals surface area contributed by atoms with E-state index in [1.165, 1.54) is 0 Å². The zero-order valence-corrected chi connectivity index (χ0v) is 11.4. The highest BCUT2D eigenvalue weighted by molar-refractivity contribution is 6.06. The molecule has 2 rings (SSSR count). The summed E-state index contributed by atoms with van der Waals surface area (Å²) in [4.78, 5) is 16.6. The Balaban J connectivity index is 2.83. The summed E-state index contributed by atoms with van der Waals surface area (Å²) in [5.41, 5.74) is 3.15. The molecule has 96 valence electrons. The summed E-state index contributed by atoms with van der Waals surface area (Å²) in [6, 6.07) is 1.86. The van der Waals surface area contributed by atoms with Gasteiger partial charge in [-0.25, -0.2) is 4.98 Å². The molecule has 0 spiro atoms. The van der Waals surface area contributed by atoms with Crippen molar-refractivity contribution in [3.63, 3.8) is 0 Å². The monoisotopic (exact) mass is 246 g/mol. The summed E-state index contributed by atoms with van der Waals surface area (Å²) in [6.07, 6.45) is 0. The Morgan fingerprint density at radius 1 is 1.44 bits per heavy atom. The van der Waals surface area contributed by atoms with Gasteiger partial charge in [0, 0.05) is 19.8 Å². The lowest BCUT2D eigenvalue weighted by atomic mass is 10.0. The normalized spacial score (nSPS) is 11.2. The fourth-order valence-corrected chi connectivity index (χ4v) is 2.07. The van der Waals surface area contributed by atoms with Crippen molar-refractivity contribution in [2.24, 2.45) is 7.05 Å². The fraction of sp³-hybridized carbons (Fsp3) is 0.462. The zero-order chi connectivity index (χ0) is 13.4. The van der Waals surface area contributed by atoms with E-state index in [0.29, 0.717) is 5.56 Å². The van der Waals surface area contributed by atoms with Crippen LogP contribution in [0.25, 0.3) is 11.0 Å². The molecule has 0 aliphatic carbocycles. The van der Waals surface area contributed by atoms with Gasteiger partial charge in [-0.15, -0.1) is 0 Å². The van der Waals surface area contributed by atoms with E-state index in [1.807, 2.05) is 20.0 Å². The van der Waals surface area contributed by atoms with E-state index in [4.69, 9.17) is 0 Å². The Labute approximate surface area is 106 Å².